The van der Waals surface area contributed by atoms with Gasteiger partial charge in [0.1, 0.15) is 0 Å². The molecule has 5 heteroatoms. The van der Waals surface area contributed by atoms with E-state index in [2.05, 4.69) is 16.1 Å². The smallest absolute Gasteiger partial charge is 0.319 e. The lowest BCUT2D eigenvalue weighted by atomic mass is 10.0. The largest absolute Gasteiger partial charge is 0.465 e. The Balaban J connectivity index is 2.38. The molecule has 0 bridgehead atoms. The van der Waals surface area contributed by atoms with Gasteiger partial charge in [-0.25, -0.2) is 0 Å². The van der Waals surface area contributed by atoms with E-state index < -0.39 is 12.0 Å². The number of benzene rings is 1. The Kier molecular flexibility index (Phi) is 4.21. The first-order valence-corrected chi connectivity index (χ1v) is 6.25. The number of azide groups is 1. The highest BCUT2D eigenvalue weighted by Crippen LogP contribution is 2.33. The van der Waals surface area contributed by atoms with E-state index in [1.807, 2.05) is 18.2 Å². The molecule has 1 aromatic rings. The van der Waals surface area contributed by atoms with Gasteiger partial charge >= 0.3 is 5.97 Å². The van der Waals surface area contributed by atoms with Crippen LogP contribution in [0.3, 0.4) is 0 Å². The van der Waals surface area contributed by atoms with Gasteiger partial charge in [-0.2, -0.15) is 0 Å². The second-order valence-electron chi connectivity index (χ2n) is 4.29. The van der Waals surface area contributed by atoms with E-state index in [0.717, 1.165) is 18.4 Å². The van der Waals surface area contributed by atoms with Gasteiger partial charge in [-0.1, -0.05) is 41.0 Å². The standard InChI is InChI=1S/C14H15N3O2/c1-2-19-14(18)13(16-17-15)12-6-4-3-5-11(12)9-10-7-8-10/h3-6,9,13H,2,7-8H2,1H3. The Bertz CT molecular complexity index is 554. The molecule has 0 spiro atoms. The number of hydrogen-bond acceptors (Lipinski definition) is 3. The quantitative estimate of drug-likeness (QED) is 0.348. The molecule has 1 unspecified atom stereocenters. The molecule has 0 aliphatic heterocycles. The highest BCUT2D eigenvalue weighted by molar-refractivity contribution is 5.80. The van der Waals surface area contributed by atoms with E-state index in [4.69, 9.17) is 10.3 Å². The van der Waals surface area contributed by atoms with Gasteiger partial charge in [0.15, 0.2) is 6.04 Å². The average Bonchev–Trinajstić information content (AvgIpc) is 3.21. The van der Waals surface area contributed by atoms with Gasteiger partial charge in [0, 0.05) is 4.91 Å². The van der Waals surface area contributed by atoms with Crippen molar-refractivity contribution in [3.63, 3.8) is 0 Å². The molecule has 1 aliphatic rings. The van der Waals surface area contributed by atoms with Gasteiger partial charge in [-0.05, 0) is 36.4 Å². The van der Waals surface area contributed by atoms with Crippen molar-refractivity contribution < 1.29 is 9.53 Å². The summed E-state index contributed by atoms with van der Waals surface area (Å²) in [5, 5.41) is 3.58. The zero-order valence-corrected chi connectivity index (χ0v) is 10.7. The number of ether oxygens (including phenoxy) is 1. The molecule has 1 aromatic carbocycles. The molecule has 5 nitrogen and oxygen atoms in total. The molecule has 0 heterocycles. The topological polar surface area (TPSA) is 75.1 Å². The number of rotatable bonds is 5. The normalized spacial score (nSPS) is 14.3. The average molecular weight is 257 g/mol. The van der Waals surface area contributed by atoms with E-state index in [1.54, 1.807) is 13.0 Å². The summed E-state index contributed by atoms with van der Waals surface area (Å²) in [7, 11) is 0. The third-order valence-corrected chi connectivity index (χ3v) is 2.87. The van der Waals surface area contributed by atoms with Crippen LogP contribution in [-0.2, 0) is 9.53 Å². The van der Waals surface area contributed by atoms with Gasteiger partial charge < -0.3 is 4.74 Å². The van der Waals surface area contributed by atoms with Crippen LogP contribution in [0.5, 0.6) is 0 Å². The molecular formula is C14H15N3O2. The SMILES string of the molecule is CCOC(=O)C(N=[N+]=[N-])c1ccccc1C=C1CC1. The summed E-state index contributed by atoms with van der Waals surface area (Å²) in [4.78, 5) is 14.6. The second-order valence-corrected chi connectivity index (χ2v) is 4.29. The fraction of sp³-hybridized carbons (Fsp3) is 0.357. The summed E-state index contributed by atoms with van der Waals surface area (Å²) in [6.45, 7) is 1.99. The van der Waals surface area contributed by atoms with Gasteiger partial charge in [0.05, 0.1) is 6.61 Å². The first-order valence-electron chi connectivity index (χ1n) is 6.25. The molecular weight excluding hydrogens is 242 g/mol. The Morgan fingerprint density at radius 1 is 1.53 bits per heavy atom. The molecule has 0 amide bonds. The van der Waals surface area contributed by atoms with Crippen molar-refractivity contribution in [1.29, 1.82) is 0 Å². The molecule has 0 aromatic heterocycles. The minimum absolute atomic E-state index is 0.263. The zero-order chi connectivity index (χ0) is 13.7. The Morgan fingerprint density at radius 2 is 2.26 bits per heavy atom. The predicted molar refractivity (Wildman–Crippen MR) is 72.2 cm³/mol. The third-order valence-electron chi connectivity index (χ3n) is 2.87. The predicted octanol–water partition coefficient (Wildman–Crippen LogP) is 3.78. The summed E-state index contributed by atoms with van der Waals surface area (Å²) in [5.74, 6) is -0.512. The lowest BCUT2D eigenvalue weighted by Crippen LogP contribution is -2.14. The molecule has 1 fully saturated rings. The van der Waals surface area contributed by atoms with Crippen LogP contribution in [0.4, 0.5) is 0 Å². The van der Waals surface area contributed by atoms with Gasteiger partial charge in [-0.3, -0.25) is 4.79 Å². The summed E-state index contributed by atoms with van der Waals surface area (Å²) < 4.78 is 4.96. The fourth-order valence-electron chi connectivity index (χ4n) is 1.84. The van der Waals surface area contributed by atoms with Crippen molar-refractivity contribution in [1.82, 2.24) is 0 Å². The number of allylic oxidation sites excluding steroid dienone is 1. The van der Waals surface area contributed by atoms with E-state index >= 15 is 0 Å². The lowest BCUT2D eigenvalue weighted by molar-refractivity contribution is -0.144. The molecule has 1 atom stereocenters. The van der Waals surface area contributed by atoms with Crippen LogP contribution in [0, 0.1) is 0 Å². The van der Waals surface area contributed by atoms with Crippen LogP contribution in [0.15, 0.2) is 35.0 Å². The number of hydrogen-bond donors (Lipinski definition) is 0. The number of nitrogens with zero attached hydrogens (tertiary/aromatic N) is 3. The number of carbonyl (C=O) groups is 1. The van der Waals surface area contributed by atoms with E-state index in [-0.39, 0.29) is 6.61 Å². The number of carbonyl (C=O) groups excluding carboxylic acids is 1. The summed E-state index contributed by atoms with van der Waals surface area (Å²) in [6, 6.07) is 6.52. The molecule has 19 heavy (non-hydrogen) atoms. The van der Waals surface area contributed by atoms with Gasteiger partial charge in [0.25, 0.3) is 0 Å². The van der Waals surface area contributed by atoms with Crippen molar-refractivity contribution in [2.24, 2.45) is 5.11 Å². The first-order chi connectivity index (χ1) is 9.26. The van der Waals surface area contributed by atoms with E-state index in [0.29, 0.717) is 5.56 Å². The van der Waals surface area contributed by atoms with Crippen molar-refractivity contribution in [3.05, 3.63) is 51.4 Å². The number of esters is 1. The highest BCUT2D eigenvalue weighted by Gasteiger charge is 2.23. The molecule has 1 saturated carbocycles. The molecule has 1 aliphatic carbocycles. The van der Waals surface area contributed by atoms with Crippen molar-refractivity contribution in [2.75, 3.05) is 6.61 Å². The lowest BCUT2D eigenvalue weighted by Gasteiger charge is -2.13. The van der Waals surface area contributed by atoms with Crippen LogP contribution in [-0.4, -0.2) is 12.6 Å². The summed E-state index contributed by atoms with van der Waals surface area (Å²) in [6.07, 6.45) is 4.24. The highest BCUT2D eigenvalue weighted by atomic mass is 16.5. The molecule has 0 radical (unpaired) electrons. The van der Waals surface area contributed by atoms with Gasteiger partial charge in [0.2, 0.25) is 0 Å². The molecule has 98 valence electrons. The minimum atomic E-state index is -0.920. The summed E-state index contributed by atoms with van der Waals surface area (Å²) in [5.41, 5.74) is 11.6. The van der Waals surface area contributed by atoms with Crippen LogP contribution < -0.4 is 0 Å². The van der Waals surface area contributed by atoms with E-state index in [9.17, 15) is 4.79 Å². The molecule has 0 N–H and O–H groups in total. The minimum Gasteiger partial charge on any atom is -0.465 e. The fourth-order valence-corrected chi connectivity index (χ4v) is 1.84. The van der Waals surface area contributed by atoms with Crippen LogP contribution >= 0.6 is 0 Å². The van der Waals surface area contributed by atoms with Crippen LogP contribution in [0.2, 0.25) is 0 Å². The van der Waals surface area contributed by atoms with Crippen LogP contribution in [0.1, 0.15) is 36.9 Å². The van der Waals surface area contributed by atoms with Crippen LogP contribution in [0.25, 0.3) is 16.5 Å². The van der Waals surface area contributed by atoms with Crippen molar-refractivity contribution in [2.45, 2.75) is 25.8 Å². The van der Waals surface area contributed by atoms with Gasteiger partial charge in [-0.15, -0.1) is 0 Å². The monoisotopic (exact) mass is 257 g/mol. The van der Waals surface area contributed by atoms with Crippen molar-refractivity contribution in [3.8, 4) is 0 Å². The summed E-state index contributed by atoms with van der Waals surface area (Å²) >= 11 is 0. The maximum Gasteiger partial charge on any atom is 0.319 e. The second kappa shape index (κ2) is 6.07. The maximum atomic E-state index is 11.9. The maximum absolute atomic E-state index is 11.9. The van der Waals surface area contributed by atoms with E-state index in [1.165, 1.54) is 5.57 Å². The molecule has 0 saturated heterocycles. The molecule has 2 rings (SSSR count). The Morgan fingerprint density at radius 3 is 2.89 bits per heavy atom. The van der Waals surface area contributed by atoms with Crippen molar-refractivity contribution >= 4 is 12.0 Å². The Labute approximate surface area is 111 Å². The Hall–Kier alpha value is -2.26. The third kappa shape index (κ3) is 3.36. The first kappa shape index (κ1) is 13.2. The zero-order valence-electron chi connectivity index (χ0n) is 10.7.